The van der Waals surface area contributed by atoms with Crippen LogP contribution in [-0.2, 0) is 4.79 Å². The summed E-state index contributed by atoms with van der Waals surface area (Å²) in [6.07, 6.45) is 0. The molecule has 0 saturated heterocycles. The first-order valence-corrected chi connectivity index (χ1v) is 3.73. The molecule has 0 fully saturated rings. The molecular formula is C10H11NO. The fourth-order valence-electron chi connectivity index (χ4n) is 1.00. The Kier molecular flexibility index (Phi) is 2.67. The van der Waals surface area contributed by atoms with Crippen molar-refractivity contribution < 1.29 is 4.79 Å². The van der Waals surface area contributed by atoms with Crippen molar-refractivity contribution in [3.05, 3.63) is 35.9 Å². The van der Waals surface area contributed by atoms with Gasteiger partial charge in [-0.25, -0.2) is 4.79 Å². The summed E-state index contributed by atoms with van der Waals surface area (Å²) in [7, 11) is 3.65. The molecule has 0 saturated carbocycles. The predicted octanol–water partition coefficient (Wildman–Crippen LogP) is 1.42. The highest BCUT2D eigenvalue weighted by molar-refractivity contribution is 5.85. The molecule has 0 aliphatic rings. The molecule has 1 aromatic carbocycles. The maximum Gasteiger partial charge on any atom is 0.151 e. The van der Waals surface area contributed by atoms with Crippen molar-refractivity contribution in [3.8, 4) is 0 Å². The minimum atomic E-state index is 0.579. The van der Waals surface area contributed by atoms with E-state index >= 15 is 0 Å². The van der Waals surface area contributed by atoms with E-state index in [9.17, 15) is 4.79 Å². The van der Waals surface area contributed by atoms with Gasteiger partial charge in [0.15, 0.2) is 5.94 Å². The Morgan fingerprint density at radius 1 is 1.25 bits per heavy atom. The Labute approximate surface area is 72.1 Å². The summed E-state index contributed by atoms with van der Waals surface area (Å²) in [5, 5.41) is 0. The maximum atomic E-state index is 10.5. The highest BCUT2D eigenvalue weighted by Gasteiger charge is 2.02. The van der Waals surface area contributed by atoms with Crippen LogP contribution in [0.2, 0.25) is 0 Å². The fraction of sp³-hybridized carbons (Fsp3) is 0.200. The largest absolute Gasteiger partial charge is 0.368 e. The lowest BCUT2D eigenvalue weighted by molar-refractivity contribution is 0.553. The van der Waals surface area contributed by atoms with Gasteiger partial charge in [-0.3, -0.25) is 0 Å². The van der Waals surface area contributed by atoms with Gasteiger partial charge in [-0.1, -0.05) is 30.3 Å². The summed E-state index contributed by atoms with van der Waals surface area (Å²) < 4.78 is 0. The SMILES string of the molecule is CN(C)C(=C=O)c1ccccc1. The minimum Gasteiger partial charge on any atom is -0.368 e. The molecule has 0 N–H and O–H groups in total. The van der Waals surface area contributed by atoms with E-state index in [1.807, 2.05) is 50.4 Å². The summed E-state index contributed by atoms with van der Waals surface area (Å²) >= 11 is 0. The Balaban J connectivity index is 3.06. The van der Waals surface area contributed by atoms with Crippen molar-refractivity contribution in [2.75, 3.05) is 14.1 Å². The van der Waals surface area contributed by atoms with Gasteiger partial charge in [0.2, 0.25) is 0 Å². The van der Waals surface area contributed by atoms with E-state index in [1.54, 1.807) is 4.90 Å². The monoisotopic (exact) mass is 161 g/mol. The highest BCUT2D eigenvalue weighted by atomic mass is 16.1. The van der Waals surface area contributed by atoms with E-state index in [-0.39, 0.29) is 0 Å². The third-order valence-electron chi connectivity index (χ3n) is 1.59. The first kappa shape index (κ1) is 8.57. The van der Waals surface area contributed by atoms with Crippen LogP contribution in [0.5, 0.6) is 0 Å². The Bertz CT molecular complexity index is 297. The van der Waals surface area contributed by atoms with E-state index in [2.05, 4.69) is 0 Å². The van der Waals surface area contributed by atoms with Crippen molar-refractivity contribution in [2.24, 2.45) is 0 Å². The molecule has 1 rings (SSSR count). The van der Waals surface area contributed by atoms with Gasteiger partial charge in [-0.15, -0.1) is 0 Å². The Morgan fingerprint density at radius 3 is 2.25 bits per heavy atom. The van der Waals surface area contributed by atoms with Gasteiger partial charge < -0.3 is 4.90 Å². The van der Waals surface area contributed by atoms with Crippen LogP contribution in [0.15, 0.2) is 30.3 Å². The number of rotatable bonds is 2. The van der Waals surface area contributed by atoms with Gasteiger partial charge in [0.25, 0.3) is 0 Å². The van der Waals surface area contributed by atoms with Crippen LogP contribution in [0.25, 0.3) is 5.70 Å². The minimum absolute atomic E-state index is 0.579. The van der Waals surface area contributed by atoms with Gasteiger partial charge in [0.1, 0.15) is 5.70 Å². The second kappa shape index (κ2) is 3.74. The molecule has 62 valence electrons. The van der Waals surface area contributed by atoms with Gasteiger partial charge in [0, 0.05) is 19.7 Å². The number of carbonyl (C=O) groups excluding carboxylic acids is 1. The van der Waals surface area contributed by atoms with E-state index < -0.39 is 0 Å². The molecule has 0 spiro atoms. The molecule has 12 heavy (non-hydrogen) atoms. The molecule has 0 bridgehead atoms. The molecule has 2 heteroatoms. The van der Waals surface area contributed by atoms with Gasteiger partial charge in [-0.2, -0.15) is 0 Å². The van der Waals surface area contributed by atoms with Crippen LogP contribution in [0.4, 0.5) is 0 Å². The zero-order valence-corrected chi connectivity index (χ0v) is 7.24. The van der Waals surface area contributed by atoms with Crippen molar-refractivity contribution in [1.82, 2.24) is 4.90 Å². The molecule has 0 amide bonds. The van der Waals surface area contributed by atoms with Crippen LogP contribution in [0.1, 0.15) is 5.56 Å². The number of benzene rings is 1. The van der Waals surface area contributed by atoms with Crippen molar-refractivity contribution >= 4 is 11.6 Å². The second-order valence-corrected chi connectivity index (χ2v) is 2.71. The fourth-order valence-corrected chi connectivity index (χ4v) is 1.00. The Morgan fingerprint density at radius 2 is 1.83 bits per heavy atom. The second-order valence-electron chi connectivity index (χ2n) is 2.71. The van der Waals surface area contributed by atoms with E-state index in [4.69, 9.17) is 0 Å². The van der Waals surface area contributed by atoms with Crippen LogP contribution >= 0.6 is 0 Å². The molecule has 0 heterocycles. The summed E-state index contributed by atoms with van der Waals surface area (Å²) in [5.74, 6) is 1.91. The van der Waals surface area contributed by atoms with Gasteiger partial charge in [-0.05, 0) is 0 Å². The average molecular weight is 161 g/mol. The van der Waals surface area contributed by atoms with Crippen LogP contribution in [-0.4, -0.2) is 24.9 Å². The quantitative estimate of drug-likeness (QED) is 0.611. The van der Waals surface area contributed by atoms with Crippen molar-refractivity contribution in [1.29, 1.82) is 0 Å². The van der Waals surface area contributed by atoms with Crippen molar-refractivity contribution in [3.63, 3.8) is 0 Å². The van der Waals surface area contributed by atoms with E-state index in [0.29, 0.717) is 5.70 Å². The summed E-state index contributed by atoms with van der Waals surface area (Å²) in [4.78, 5) is 12.3. The lowest BCUT2D eigenvalue weighted by atomic mass is 10.2. The molecule has 0 aliphatic heterocycles. The first-order chi connectivity index (χ1) is 5.75. The van der Waals surface area contributed by atoms with E-state index in [1.165, 1.54) is 0 Å². The van der Waals surface area contributed by atoms with Crippen LogP contribution in [0.3, 0.4) is 0 Å². The molecule has 0 atom stereocenters. The lowest BCUT2D eigenvalue weighted by Crippen LogP contribution is -2.10. The van der Waals surface area contributed by atoms with Crippen molar-refractivity contribution in [2.45, 2.75) is 0 Å². The zero-order chi connectivity index (χ0) is 8.97. The molecular weight excluding hydrogens is 150 g/mol. The third kappa shape index (κ3) is 1.74. The van der Waals surface area contributed by atoms with Gasteiger partial charge >= 0.3 is 0 Å². The van der Waals surface area contributed by atoms with E-state index in [0.717, 1.165) is 5.56 Å². The van der Waals surface area contributed by atoms with Crippen LogP contribution in [0, 0.1) is 0 Å². The summed E-state index contributed by atoms with van der Waals surface area (Å²) in [6, 6.07) is 9.49. The normalized spacial score (nSPS) is 8.83. The molecule has 0 aromatic heterocycles. The standard InChI is InChI=1S/C10H11NO/c1-11(2)10(8-12)9-6-4-3-5-7-9/h3-7H,1-2H3. The molecule has 0 radical (unpaired) electrons. The lowest BCUT2D eigenvalue weighted by Gasteiger charge is -2.12. The highest BCUT2D eigenvalue weighted by Crippen LogP contribution is 2.11. The molecule has 1 aromatic rings. The van der Waals surface area contributed by atoms with Gasteiger partial charge in [0.05, 0.1) is 0 Å². The molecule has 0 aliphatic carbocycles. The predicted molar refractivity (Wildman–Crippen MR) is 49.2 cm³/mol. The van der Waals surface area contributed by atoms with Crippen LogP contribution < -0.4 is 0 Å². The zero-order valence-electron chi connectivity index (χ0n) is 7.24. The number of hydrogen-bond donors (Lipinski definition) is 0. The number of nitrogens with zero attached hydrogens (tertiary/aromatic N) is 1. The summed E-state index contributed by atoms with van der Waals surface area (Å²) in [5.41, 5.74) is 1.48. The maximum absolute atomic E-state index is 10.5. The molecule has 2 nitrogen and oxygen atoms in total. The molecule has 0 unspecified atom stereocenters. The average Bonchev–Trinajstić information content (AvgIpc) is 2.07. The summed E-state index contributed by atoms with van der Waals surface area (Å²) in [6.45, 7) is 0. The smallest absolute Gasteiger partial charge is 0.151 e. The first-order valence-electron chi connectivity index (χ1n) is 3.73. The topological polar surface area (TPSA) is 20.3 Å². The number of hydrogen-bond acceptors (Lipinski definition) is 2. The Hall–Kier alpha value is -1.53. The third-order valence-corrected chi connectivity index (χ3v) is 1.59.